The number of rotatable bonds is 4. The van der Waals surface area contributed by atoms with Crippen molar-refractivity contribution in [2.45, 2.75) is 50.0 Å². The lowest BCUT2D eigenvalue weighted by Gasteiger charge is -2.33. The summed E-state index contributed by atoms with van der Waals surface area (Å²) in [6, 6.07) is 8.55. The highest BCUT2D eigenvalue weighted by molar-refractivity contribution is 5.94. The van der Waals surface area contributed by atoms with E-state index in [4.69, 9.17) is 10.5 Å². The van der Waals surface area contributed by atoms with Gasteiger partial charge in [0.1, 0.15) is 0 Å². The lowest BCUT2D eigenvalue weighted by Crippen LogP contribution is -2.43. The number of nitrogens with zero attached hydrogens (tertiary/aromatic N) is 2. The molecular formula is C24H29N5O3. The molecule has 3 amide bonds. The Balaban J connectivity index is 1.23. The van der Waals surface area contributed by atoms with Gasteiger partial charge in [-0.25, -0.2) is 4.79 Å². The van der Waals surface area contributed by atoms with E-state index in [2.05, 4.69) is 15.6 Å². The minimum atomic E-state index is -0.476. The number of ether oxygens (including phenoxy) is 1. The minimum absolute atomic E-state index is 0.00167. The maximum atomic E-state index is 12.7. The molecule has 4 heterocycles. The number of hydrogen-bond donors (Lipinski definition) is 3. The van der Waals surface area contributed by atoms with Gasteiger partial charge in [0, 0.05) is 24.5 Å². The van der Waals surface area contributed by atoms with E-state index in [9.17, 15) is 9.59 Å². The molecule has 2 aromatic rings. The zero-order valence-electron chi connectivity index (χ0n) is 18.0. The highest BCUT2D eigenvalue weighted by atomic mass is 16.5. The summed E-state index contributed by atoms with van der Waals surface area (Å²) in [7, 11) is 0. The zero-order chi connectivity index (χ0) is 22.1. The van der Waals surface area contributed by atoms with Gasteiger partial charge in [0.2, 0.25) is 0 Å². The Morgan fingerprint density at radius 2 is 1.97 bits per heavy atom. The molecule has 32 heavy (non-hydrogen) atoms. The SMILES string of the molecule is NC(=O)N1Cc2cnccc2C1c1ccc(C(=O)NCC2CCC3(CCNCC3)O2)cc1. The first kappa shape index (κ1) is 20.9. The number of benzene rings is 1. The number of hydrogen-bond acceptors (Lipinski definition) is 5. The molecule has 2 saturated heterocycles. The van der Waals surface area contributed by atoms with Gasteiger partial charge in [-0.3, -0.25) is 9.78 Å². The predicted octanol–water partition coefficient (Wildman–Crippen LogP) is 2.10. The molecule has 3 aliphatic heterocycles. The van der Waals surface area contributed by atoms with Crippen molar-refractivity contribution < 1.29 is 14.3 Å². The summed E-state index contributed by atoms with van der Waals surface area (Å²) in [6.45, 7) is 2.96. The third-order valence-corrected chi connectivity index (χ3v) is 7.00. The molecule has 3 aliphatic rings. The van der Waals surface area contributed by atoms with Gasteiger partial charge in [0.15, 0.2) is 0 Å². The van der Waals surface area contributed by atoms with Crippen LogP contribution in [0.3, 0.4) is 0 Å². The molecule has 1 aromatic heterocycles. The number of nitrogens with two attached hydrogens (primary N) is 1. The van der Waals surface area contributed by atoms with Crippen molar-refractivity contribution in [2.75, 3.05) is 19.6 Å². The number of primary amides is 1. The summed E-state index contributed by atoms with van der Waals surface area (Å²) < 4.78 is 6.32. The van der Waals surface area contributed by atoms with E-state index >= 15 is 0 Å². The third kappa shape index (κ3) is 3.96. The van der Waals surface area contributed by atoms with Crippen LogP contribution in [0.15, 0.2) is 42.7 Å². The monoisotopic (exact) mass is 435 g/mol. The Bertz CT molecular complexity index is 1000. The number of urea groups is 1. The predicted molar refractivity (Wildman–Crippen MR) is 119 cm³/mol. The summed E-state index contributed by atoms with van der Waals surface area (Å²) in [6.07, 6.45) is 7.70. The first-order chi connectivity index (χ1) is 15.5. The van der Waals surface area contributed by atoms with Crippen molar-refractivity contribution in [2.24, 2.45) is 5.73 Å². The molecule has 0 radical (unpaired) electrons. The van der Waals surface area contributed by atoms with Crippen molar-refractivity contribution >= 4 is 11.9 Å². The summed E-state index contributed by atoms with van der Waals surface area (Å²) in [5.41, 5.74) is 9.12. The summed E-state index contributed by atoms with van der Waals surface area (Å²) in [4.78, 5) is 30.5. The van der Waals surface area contributed by atoms with Gasteiger partial charge in [0.25, 0.3) is 5.91 Å². The van der Waals surface area contributed by atoms with Crippen LogP contribution < -0.4 is 16.4 Å². The first-order valence-corrected chi connectivity index (χ1v) is 11.3. The molecular weight excluding hydrogens is 406 g/mol. The summed E-state index contributed by atoms with van der Waals surface area (Å²) in [5.74, 6) is -0.116. The molecule has 1 aromatic carbocycles. The van der Waals surface area contributed by atoms with Gasteiger partial charge < -0.3 is 26.0 Å². The van der Waals surface area contributed by atoms with E-state index < -0.39 is 6.03 Å². The molecule has 0 aliphatic carbocycles. The topological polar surface area (TPSA) is 110 Å². The van der Waals surface area contributed by atoms with Crippen molar-refractivity contribution in [1.29, 1.82) is 0 Å². The second kappa shape index (κ2) is 8.52. The smallest absolute Gasteiger partial charge is 0.315 e. The number of carbonyl (C=O) groups is 2. The molecule has 0 bridgehead atoms. The van der Waals surface area contributed by atoms with E-state index in [0.717, 1.165) is 55.5 Å². The van der Waals surface area contributed by atoms with Crippen LogP contribution in [-0.2, 0) is 11.3 Å². The Morgan fingerprint density at radius 3 is 2.72 bits per heavy atom. The number of piperidine rings is 1. The Hall–Kier alpha value is -2.97. The number of aromatic nitrogens is 1. The van der Waals surface area contributed by atoms with Crippen LogP contribution >= 0.6 is 0 Å². The van der Waals surface area contributed by atoms with E-state index in [-0.39, 0.29) is 23.7 Å². The summed E-state index contributed by atoms with van der Waals surface area (Å²) >= 11 is 0. The van der Waals surface area contributed by atoms with Crippen LogP contribution in [0.1, 0.15) is 58.8 Å². The maximum absolute atomic E-state index is 12.7. The number of fused-ring (bicyclic) bond motifs is 1. The quantitative estimate of drug-likeness (QED) is 0.681. The normalized spacial score (nSPS) is 23.8. The Kier molecular flexibility index (Phi) is 5.57. The second-order valence-corrected chi connectivity index (χ2v) is 8.99. The number of pyridine rings is 1. The van der Waals surface area contributed by atoms with Gasteiger partial charge in [-0.15, -0.1) is 0 Å². The average molecular weight is 436 g/mol. The van der Waals surface area contributed by atoms with Gasteiger partial charge in [-0.05, 0) is 73.7 Å². The third-order valence-electron chi connectivity index (χ3n) is 7.00. The van der Waals surface area contributed by atoms with Crippen LogP contribution in [0.5, 0.6) is 0 Å². The zero-order valence-corrected chi connectivity index (χ0v) is 18.0. The van der Waals surface area contributed by atoms with Gasteiger partial charge in [0.05, 0.1) is 24.3 Å². The van der Waals surface area contributed by atoms with E-state index in [0.29, 0.717) is 18.7 Å². The average Bonchev–Trinajstić information content (AvgIpc) is 3.40. The van der Waals surface area contributed by atoms with Crippen LogP contribution in [0.4, 0.5) is 4.79 Å². The van der Waals surface area contributed by atoms with Crippen molar-refractivity contribution in [3.05, 3.63) is 65.0 Å². The fourth-order valence-corrected chi connectivity index (χ4v) is 5.26. The number of carbonyl (C=O) groups excluding carboxylic acids is 2. The molecule has 4 N–H and O–H groups in total. The lowest BCUT2D eigenvalue weighted by atomic mass is 9.89. The number of amides is 3. The standard InChI is InChI=1S/C24H29N5O3/c25-23(31)29-15-18-13-27-10-6-20(18)21(29)16-1-3-17(4-2-16)22(30)28-14-19-5-7-24(32-19)8-11-26-12-9-24/h1-4,6,10,13,19,21,26H,5,7-9,11-12,14-15H2,(H2,25,31)(H,28,30). The van der Waals surface area contributed by atoms with Crippen LogP contribution in [0, 0.1) is 0 Å². The van der Waals surface area contributed by atoms with E-state index in [1.807, 2.05) is 18.2 Å². The maximum Gasteiger partial charge on any atom is 0.315 e. The highest BCUT2D eigenvalue weighted by Gasteiger charge is 2.40. The van der Waals surface area contributed by atoms with E-state index in [1.54, 1.807) is 29.4 Å². The Morgan fingerprint density at radius 1 is 1.19 bits per heavy atom. The van der Waals surface area contributed by atoms with Gasteiger partial charge in [-0.2, -0.15) is 0 Å². The molecule has 5 rings (SSSR count). The fourth-order valence-electron chi connectivity index (χ4n) is 5.26. The van der Waals surface area contributed by atoms with Crippen LogP contribution in [-0.4, -0.2) is 53.2 Å². The molecule has 8 heteroatoms. The molecule has 8 nitrogen and oxygen atoms in total. The first-order valence-electron chi connectivity index (χ1n) is 11.3. The highest BCUT2D eigenvalue weighted by Crippen LogP contribution is 2.38. The van der Waals surface area contributed by atoms with Crippen molar-refractivity contribution in [3.63, 3.8) is 0 Å². The molecule has 1 spiro atoms. The molecule has 2 unspecified atom stereocenters. The fraction of sp³-hybridized carbons (Fsp3) is 0.458. The summed E-state index contributed by atoms with van der Waals surface area (Å²) in [5, 5.41) is 6.40. The van der Waals surface area contributed by atoms with E-state index in [1.165, 1.54) is 0 Å². The molecule has 0 saturated carbocycles. The number of nitrogens with one attached hydrogen (secondary N) is 2. The molecule has 2 fully saturated rings. The van der Waals surface area contributed by atoms with Gasteiger partial charge >= 0.3 is 6.03 Å². The Labute approximate surface area is 187 Å². The largest absolute Gasteiger partial charge is 0.370 e. The van der Waals surface area contributed by atoms with Crippen LogP contribution in [0.2, 0.25) is 0 Å². The van der Waals surface area contributed by atoms with Gasteiger partial charge in [-0.1, -0.05) is 12.1 Å². The minimum Gasteiger partial charge on any atom is -0.370 e. The van der Waals surface area contributed by atoms with Crippen molar-refractivity contribution in [3.8, 4) is 0 Å². The second-order valence-electron chi connectivity index (χ2n) is 8.99. The molecule has 168 valence electrons. The lowest BCUT2D eigenvalue weighted by molar-refractivity contribution is -0.0576. The molecule has 2 atom stereocenters. The van der Waals surface area contributed by atoms with Crippen LogP contribution in [0.25, 0.3) is 0 Å². The van der Waals surface area contributed by atoms with Crippen molar-refractivity contribution in [1.82, 2.24) is 20.5 Å².